The first-order valence-electron chi connectivity index (χ1n) is 6.54. The highest BCUT2D eigenvalue weighted by molar-refractivity contribution is 7.89. The second kappa shape index (κ2) is 10.2. The molecule has 0 saturated heterocycles. The molecule has 0 aliphatic rings. The molecule has 0 radical (unpaired) electrons. The Morgan fingerprint density at radius 2 is 2.08 bits per heavy atom. The molecule has 1 unspecified atom stereocenters. The average Bonchev–Trinajstić information content (AvgIpc) is 2.51. The van der Waals surface area contributed by atoms with Crippen LogP contribution in [0.15, 0.2) is 29.2 Å². The summed E-state index contributed by atoms with van der Waals surface area (Å²) in [5, 5.41) is 13.1. The Balaban J connectivity index is 0.00000529. The molecule has 0 aliphatic heterocycles. The van der Waals surface area contributed by atoms with E-state index in [1.165, 1.54) is 25.3 Å². The molecule has 1 atom stereocenters. The van der Waals surface area contributed by atoms with E-state index in [2.05, 4.69) is 10.0 Å². The zero-order valence-corrected chi connectivity index (χ0v) is 14.4. The maximum atomic E-state index is 12.0. The molecule has 1 aromatic carbocycles. The van der Waals surface area contributed by atoms with Crippen molar-refractivity contribution in [3.63, 3.8) is 0 Å². The number of nitro benzene ring substituents is 1. The molecule has 0 heterocycles. The van der Waals surface area contributed by atoms with E-state index in [9.17, 15) is 23.3 Å². The Kier molecular flexibility index (Phi) is 9.40. The Hall–Kier alpha value is -1.79. The maximum Gasteiger partial charge on any atom is 0.270 e. The van der Waals surface area contributed by atoms with E-state index < -0.39 is 26.9 Å². The van der Waals surface area contributed by atoms with Crippen LogP contribution < -0.4 is 15.8 Å². The minimum atomic E-state index is -3.91. The number of amides is 1. The number of benzene rings is 1. The summed E-state index contributed by atoms with van der Waals surface area (Å²) in [5.41, 5.74) is 5.17. The van der Waals surface area contributed by atoms with Gasteiger partial charge in [0.2, 0.25) is 15.9 Å². The van der Waals surface area contributed by atoms with Gasteiger partial charge in [0.05, 0.1) is 16.4 Å². The van der Waals surface area contributed by atoms with Crippen LogP contribution in [0.1, 0.15) is 0 Å². The summed E-state index contributed by atoms with van der Waals surface area (Å²) < 4.78 is 30.9. The summed E-state index contributed by atoms with van der Waals surface area (Å²) in [5.74, 6) is -0.471. The molecule has 1 aromatic rings. The molecule has 10 nitrogen and oxygen atoms in total. The third-order valence-corrected chi connectivity index (χ3v) is 4.20. The summed E-state index contributed by atoms with van der Waals surface area (Å²) in [6, 6.07) is 3.82. The van der Waals surface area contributed by atoms with Gasteiger partial charge in [0.1, 0.15) is 6.04 Å². The van der Waals surface area contributed by atoms with Crippen molar-refractivity contribution >= 4 is 34.0 Å². The molecule has 24 heavy (non-hydrogen) atoms. The van der Waals surface area contributed by atoms with Gasteiger partial charge in [0, 0.05) is 32.3 Å². The number of sulfonamides is 1. The number of rotatable bonds is 9. The third-order valence-electron chi connectivity index (χ3n) is 2.74. The molecule has 136 valence electrons. The number of nitrogens with zero attached hydrogens (tertiary/aromatic N) is 1. The number of carbonyl (C=O) groups excluding carboxylic acids is 1. The van der Waals surface area contributed by atoms with Crippen LogP contribution in [0.5, 0.6) is 0 Å². The second-order valence-corrected chi connectivity index (χ2v) is 6.27. The van der Waals surface area contributed by atoms with Gasteiger partial charge in [-0.15, -0.1) is 12.4 Å². The lowest BCUT2D eigenvalue weighted by molar-refractivity contribution is -0.385. The summed E-state index contributed by atoms with van der Waals surface area (Å²) in [4.78, 5) is 21.2. The number of hydrogen-bond acceptors (Lipinski definition) is 7. The van der Waals surface area contributed by atoms with E-state index in [1.807, 2.05) is 0 Å². The highest BCUT2D eigenvalue weighted by Gasteiger charge is 2.17. The summed E-state index contributed by atoms with van der Waals surface area (Å²) in [6.45, 7) is -0.0217. The van der Waals surface area contributed by atoms with Crippen LogP contribution >= 0.6 is 12.4 Å². The van der Waals surface area contributed by atoms with Crippen molar-refractivity contribution < 1.29 is 22.9 Å². The molecule has 0 fully saturated rings. The molecule has 4 N–H and O–H groups in total. The predicted octanol–water partition coefficient (Wildman–Crippen LogP) is -0.615. The van der Waals surface area contributed by atoms with Crippen LogP contribution in [-0.2, 0) is 19.6 Å². The first kappa shape index (κ1) is 22.2. The van der Waals surface area contributed by atoms with E-state index >= 15 is 0 Å². The number of methoxy groups -OCH3 is 1. The lowest BCUT2D eigenvalue weighted by Gasteiger charge is -2.11. The van der Waals surface area contributed by atoms with Gasteiger partial charge in [-0.2, -0.15) is 0 Å². The quantitative estimate of drug-likeness (QED) is 0.292. The van der Waals surface area contributed by atoms with Gasteiger partial charge in [-0.05, 0) is 6.07 Å². The molecule has 0 aliphatic carbocycles. The number of carbonyl (C=O) groups is 1. The second-order valence-electron chi connectivity index (χ2n) is 4.51. The van der Waals surface area contributed by atoms with E-state index in [4.69, 9.17) is 10.5 Å². The van der Waals surface area contributed by atoms with Gasteiger partial charge in [-0.25, -0.2) is 13.1 Å². The Labute approximate surface area is 145 Å². The lowest BCUT2D eigenvalue weighted by atomic mass is 10.3. The Morgan fingerprint density at radius 1 is 1.42 bits per heavy atom. The number of halogens is 1. The topological polar surface area (TPSA) is 154 Å². The van der Waals surface area contributed by atoms with Crippen molar-refractivity contribution in [2.24, 2.45) is 5.73 Å². The largest absolute Gasteiger partial charge is 0.383 e. The number of nitrogens with one attached hydrogen (secondary N) is 2. The highest BCUT2D eigenvalue weighted by atomic mass is 35.5. The van der Waals surface area contributed by atoms with Crippen molar-refractivity contribution in [2.75, 3.05) is 26.8 Å². The molecule has 1 amide bonds. The summed E-state index contributed by atoms with van der Waals surface area (Å²) in [6.07, 6.45) is 0. The number of ether oxygens (including phenoxy) is 1. The summed E-state index contributed by atoms with van der Waals surface area (Å²) in [7, 11) is -2.50. The standard InChI is InChI=1S/C12H18N4O6S.ClH/c1-22-8-11(13)12(17)14-5-6-15-23(20,21)10-4-2-3-9(7-10)16(18)19;/h2-4,7,11,15H,5-6,8,13H2,1H3,(H,14,17);1H. The maximum absolute atomic E-state index is 12.0. The van der Waals surface area contributed by atoms with E-state index in [0.717, 1.165) is 6.07 Å². The predicted molar refractivity (Wildman–Crippen MR) is 88.4 cm³/mol. The Bertz CT molecular complexity index is 669. The fourth-order valence-corrected chi connectivity index (χ4v) is 2.68. The molecule has 0 saturated carbocycles. The van der Waals surface area contributed by atoms with Crippen LogP contribution in [0.3, 0.4) is 0 Å². The number of hydrogen-bond donors (Lipinski definition) is 3. The minimum absolute atomic E-state index is 0. The van der Waals surface area contributed by atoms with Gasteiger partial charge in [-0.3, -0.25) is 14.9 Å². The average molecular weight is 383 g/mol. The molecule has 0 bridgehead atoms. The van der Waals surface area contributed by atoms with Gasteiger partial charge in [0.25, 0.3) is 5.69 Å². The number of nitrogens with two attached hydrogens (primary N) is 1. The van der Waals surface area contributed by atoms with Crippen LogP contribution in [0.2, 0.25) is 0 Å². The summed E-state index contributed by atoms with van der Waals surface area (Å²) >= 11 is 0. The van der Waals surface area contributed by atoms with E-state index in [1.54, 1.807) is 0 Å². The first-order chi connectivity index (χ1) is 10.8. The minimum Gasteiger partial charge on any atom is -0.383 e. The highest BCUT2D eigenvalue weighted by Crippen LogP contribution is 2.16. The van der Waals surface area contributed by atoms with Crippen molar-refractivity contribution in [2.45, 2.75) is 10.9 Å². The fourth-order valence-electron chi connectivity index (χ4n) is 1.61. The van der Waals surface area contributed by atoms with Crippen LogP contribution in [0, 0.1) is 10.1 Å². The van der Waals surface area contributed by atoms with Crippen LogP contribution in [0.4, 0.5) is 5.69 Å². The smallest absolute Gasteiger partial charge is 0.270 e. The van der Waals surface area contributed by atoms with E-state index in [0.29, 0.717) is 0 Å². The Morgan fingerprint density at radius 3 is 2.67 bits per heavy atom. The molecular formula is C12H19ClN4O6S. The van der Waals surface area contributed by atoms with Crippen molar-refractivity contribution in [3.05, 3.63) is 34.4 Å². The molecule has 0 spiro atoms. The number of nitro groups is 1. The van der Waals surface area contributed by atoms with Crippen molar-refractivity contribution in [1.29, 1.82) is 0 Å². The third kappa shape index (κ3) is 6.76. The molecular weight excluding hydrogens is 364 g/mol. The first-order valence-corrected chi connectivity index (χ1v) is 8.02. The molecule has 12 heteroatoms. The SMILES string of the molecule is COCC(N)C(=O)NCCNS(=O)(=O)c1cccc([N+](=O)[O-])c1.Cl. The molecule has 0 aromatic heterocycles. The van der Waals surface area contributed by atoms with Gasteiger partial charge in [0.15, 0.2) is 0 Å². The number of non-ortho nitro benzene ring substituents is 1. The zero-order valence-electron chi connectivity index (χ0n) is 12.8. The fraction of sp³-hybridized carbons (Fsp3) is 0.417. The van der Waals surface area contributed by atoms with E-state index in [-0.39, 0.29) is 42.7 Å². The van der Waals surface area contributed by atoms with Gasteiger partial charge < -0.3 is 15.8 Å². The van der Waals surface area contributed by atoms with Crippen molar-refractivity contribution in [1.82, 2.24) is 10.0 Å². The van der Waals surface area contributed by atoms with Gasteiger partial charge in [-0.1, -0.05) is 6.07 Å². The monoisotopic (exact) mass is 382 g/mol. The normalized spacial score (nSPS) is 12.1. The lowest BCUT2D eigenvalue weighted by Crippen LogP contribution is -2.45. The van der Waals surface area contributed by atoms with Gasteiger partial charge >= 0.3 is 0 Å². The van der Waals surface area contributed by atoms with Crippen LogP contribution in [-0.4, -0.2) is 52.1 Å². The van der Waals surface area contributed by atoms with Crippen molar-refractivity contribution in [3.8, 4) is 0 Å². The van der Waals surface area contributed by atoms with Crippen LogP contribution in [0.25, 0.3) is 0 Å². The zero-order chi connectivity index (χ0) is 17.5. The molecule has 1 rings (SSSR count).